The van der Waals surface area contributed by atoms with Crippen LogP contribution in [-0.2, 0) is 0 Å². The van der Waals surface area contributed by atoms with E-state index in [0.29, 0.717) is 17.4 Å². The fourth-order valence-corrected chi connectivity index (χ4v) is 4.05. The molecule has 0 amide bonds. The number of hydrogen-bond donors (Lipinski definition) is 2. The van der Waals surface area contributed by atoms with Gasteiger partial charge in [-0.1, -0.05) is 48.6 Å². The van der Waals surface area contributed by atoms with E-state index in [1.54, 1.807) is 12.1 Å². The van der Waals surface area contributed by atoms with Crippen LogP contribution in [0.5, 0.6) is 0 Å². The third kappa shape index (κ3) is 2.15. The summed E-state index contributed by atoms with van der Waals surface area (Å²) in [6, 6.07) is 13.8. The van der Waals surface area contributed by atoms with Gasteiger partial charge in [0, 0.05) is 11.6 Å². The van der Waals surface area contributed by atoms with Crippen LogP contribution in [0.3, 0.4) is 0 Å². The number of benzene rings is 2. The van der Waals surface area contributed by atoms with Gasteiger partial charge in [-0.25, -0.2) is 4.79 Å². The van der Waals surface area contributed by atoms with E-state index in [-0.39, 0.29) is 6.04 Å². The van der Waals surface area contributed by atoms with Crippen molar-refractivity contribution in [1.29, 1.82) is 0 Å². The Labute approximate surface area is 135 Å². The van der Waals surface area contributed by atoms with Crippen LogP contribution in [0.4, 0.5) is 5.69 Å². The lowest BCUT2D eigenvalue weighted by atomic mass is 9.75. The van der Waals surface area contributed by atoms with Crippen LogP contribution in [0.2, 0.25) is 0 Å². The van der Waals surface area contributed by atoms with Gasteiger partial charge in [-0.3, -0.25) is 0 Å². The van der Waals surface area contributed by atoms with Crippen LogP contribution in [0.1, 0.15) is 45.4 Å². The first-order chi connectivity index (χ1) is 11.2. The Bertz CT molecular complexity index is 809. The summed E-state index contributed by atoms with van der Waals surface area (Å²) in [5.41, 5.74) is 4.97. The Morgan fingerprint density at radius 2 is 1.91 bits per heavy atom. The molecule has 0 unspecified atom stereocenters. The summed E-state index contributed by atoms with van der Waals surface area (Å²) in [5.74, 6) is -0.136. The van der Waals surface area contributed by atoms with Crippen LogP contribution in [0.25, 0.3) is 0 Å². The van der Waals surface area contributed by atoms with Crippen molar-refractivity contribution in [1.82, 2.24) is 0 Å². The highest BCUT2D eigenvalue weighted by atomic mass is 16.4. The first-order valence-corrected chi connectivity index (χ1v) is 8.01. The molecule has 1 aliphatic heterocycles. The molecule has 4 rings (SSSR count). The molecule has 3 heteroatoms. The van der Waals surface area contributed by atoms with Crippen LogP contribution < -0.4 is 5.32 Å². The maximum Gasteiger partial charge on any atom is 0.336 e. The normalized spacial score (nSPS) is 24.7. The van der Waals surface area contributed by atoms with E-state index < -0.39 is 5.97 Å². The molecular weight excluding hydrogens is 286 g/mol. The second kappa shape index (κ2) is 5.27. The van der Waals surface area contributed by atoms with Crippen LogP contribution in [-0.4, -0.2) is 11.1 Å². The van der Waals surface area contributed by atoms with Crippen LogP contribution in [0, 0.1) is 12.8 Å². The summed E-state index contributed by atoms with van der Waals surface area (Å²) in [6.07, 6.45) is 5.48. The maximum atomic E-state index is 11.6. The van der Waals surface area contributed by atoms with Gasteiger partial charge < -0.3 is 10.4 Å². The Hall–Kier alpha value is -2.55. The average molecular weight is 305 g/mol. The Kier molecular flexibility index (Phi) is 3.22. The minimum atomic E-state index is -0.861. The van der Waals surface area contributed by atoms with Gasteiger partial charge >= 0.3 is 5.97 Å². The van der Waals surface area contributed by atoms with Crippen molar-refractivity contribution in [3.8, 4) is 0 Å². The van der Waals surface area contributed by atoms with E-state index in [9.17, 15) is 9.90 Å². The summed E-state index contributed by atoms with van der Waals surface area (Å²) in [6.45, 7) is 2.10. The minimum Gasteiger partial charge on any atom is -0.478 e. The molecule has 0 radical (unpaired) electrons. The fourth-order valence-electron chi connectivity index (χ4n) is 4.05. The molecule has 0 aromatic heterocycles. The molecule has 0 spiro atoms. The lowest BCUT2D eigenvalue weighted by Gasteiger charge is -2.38. The predicted molar refractivity (Wildman–Crippen MR) is 90.9 cm³/mol. The highest BCUT2D eigenvalue weighted by molar-refractivity contribution is 5.90. The van der Waals surface area contributed by atoms with Gasteiger partial charge in [-0.15, -0.1) is 0 Å². The highest BCUT2D eigenvalue weighted by Crippen LogP contribution is 2.50. The number of allylic oxidation sites excluding steroid dienone is 2. The number of fused-ring (bicyclic) bond motifs is 3. The molecular formula is C20H19NO2. The smallest absolute Gasteiger partial charge is 0.336 e. The molecule has 2 N–H and O–H groups in total. The molecule has 1 aliphatic carbocycles. The van der Waals surface area contributed by atoms with Crippen molar-refractivity contribution >= 4 is 11.7 Å². The third-order valence-electron chi connectivity index (χ3n) is 5.13. The summed E-state index contributed by atoms with van der Waals surface area (Å²) >= 11 is 0. The number of carbonyl (C=O) groups is 1. The molecule has 3 nitrogen and oxygen atoms in total. The topological polar surface area (TPSA) is 49.3 Å². The van der Waals surface area contributed by atoms with E-state index in [0.717, 1.165) is 17.7 Å². The zero-order valence-corrected chi connectivity index (χ0v) is 13.0. The standard InChI is InChI=1S/C20H19NO2/c1-12-6-4-10-14-13-9-5-11-15(13)19(21-18(12)14)16-7-2-3-8-17(16)20(22)23/h2-10,13,15,19,21H,11H2,1H3,(H,22,23)/t13-,15+,19+/m1/s1. The largest absolute Gasteiger partial charge is 0.478 e. The summed E-state index contributed by atoms with van der Waals surface area (Å²) < 4.78 is 0. The van der Waals surface area contributed by atoms with Gasteiger partial charge in [-0.2, -0.15) is 0 Å². The lowest BCUT2D eigenvalue weighted by Crippen LogP contribution is -2.30. The molecule has 23 heavy (non-hydrogen) atoms. The number of anilines is 1. The Morgan fingerprint density at radius 1 is 1.13 bits per heavy atom. The molecule has 0 bridgehead atoms. The second-order valence-electron chi connectivity index (χ2n) is 6.41. The lowest BCUT2D eigenvalue weighted by molar-refractivity contribution is 0.0694. The van der Waals surface area contributed by atoms with E-state index >= 15 is 0 Å². The number of hydrogen-bond acceptors (Lipinski definition) is 2. The van der Waals surface area contributed by atoms with Gasteiger partial charge in [0.1, 0.15) is 0 Å². The zero-order chi connectivity index (χ0) is 16.0. The number of rotatable bonds is 2. The first kappa shape index (κ1) is 14.1. The zero-order valence-electron chi connectivity index (χ0n) is 13.0. The van der Waals surface area contributed by atoms with Crippen molar-refractivity contribution < 1.29 is 9.90 Å². The summed E-state index contributed by atoms with van der Waals surface area (Å²) in [5, 5.41) is 13.2. The molecule has 2 aliphatic rings. The van der Waals surface area contributed by atoms with Crippen molar-refractivity contribution in [2.45, 2.75) is 25.3 Å². The van der Waals surface area contributed by atoms with Crippen molar-refractivity contribution in [3.05, 3.63) is 76.9 Å². The van der Waals surface area contributed by atoms with Gasteiger partial charge in [0.2, 0.25) is 0 Å². The third-order valence-corrected chi connectivity index (χ3v) is 5.13. The van der Waals surface area contributed by atoms with E-state index in [1.165, 1.54) is 11.1 Å². The Balaban J connectivity index is 1.86. The number of carboxylic acid groups (broad SMARTS) is 1. The van der Waals surface area contributed by atoms with Crippen LogP contribution >= 0.6 is 0 Å². The van der Waals surface area contributed by atoms with Crippen molar-refractivity contribution in [3.63, 3.8) is 0 Å². The summed E-state index contributed by atoms with van der Waals surface area (Å²) in [4.78, 5) is 11.6. The minimum absolute atomic E-state index is 0.0240. The second-order valence-corrected chi connectivity index (χ2v) is 6.41. The molecule has 3 atom stereocenters. The molecule has 1 heterocycles. The maximum absolute atomic E-state index is 11.6. The molecule has 2 aromatic carbocycles. The van der Waals surface area contributed by atoms with E-state index in [1.807, 2.05) is 12.1 Å². The quantitative estimate of drug-likeness (QED) is 0.802. The number of nitrogens with one attached hydrogen (secondary N) is 1. The van der Waals surface area contributed by atoms with Gasteiger partial charge in [0.15, 0.2) is 0 Å². The van der Waals surface area contributed by atoms with Gasteiger partial charge in [0.25, 0.3) is 0 Å². The molecule has 0 saturated heterocycles. The van der Waals surface area contributed by atoms with Gasteiger partial charge in [0.05, 0.1) is 11.6 Å². The van der Waals surface area contributed by atoms with Crippen LogP contribution in [0.15, 0.2) is 54.6 Å². The number of aromatic carboxylic acids is 1. The predicted octanol–water partition coefficient (Wildman–Crippen LogP) is 4.52. The van der Waals surface area contributed by atoms with Crippen molar-refractivity contribution in [2.75, 3.05) is 5.32 Å². The molecule has 0 fully saturated rings. The molecule has 2 aromatic rings. The van der Waals surface area contributed by atoms with E-state index in [2.05, 4.69) is 42.6 Å². The molecule has 0 saturated carbocycles. The highest BCUT2D eigenvalue weighted by Gasteiger charge is 2.39. The molecule has 116 valence electrons. The monoisotopic (exact) mass is 305 g/mol. The van der Waals surface area contributed by atoms with Gasteiger partial charge in [-0.05, 0) is 42.0 Å². The number of para-hydroxylation sites is 1. The average Bonchev–Trinajstić information content (AvgIpc) is 3.04. The van der Waals surface area contributed by atoms with E-state index in [4.69, 9.17) is 0 Å². The number of aryl methyl sites for hydroxylation is 1. The Morgan fingerprint density at radius 3 is 2.74 bits per heavy atom. The SMILES string of the molecule is Cc1cccc2c1N[C@H](c1ccccc1C(=O)O)[C@H]1CC=C[C@H]21. The summed E-state index contributed by atoms with van der Waals surface area (Å²) in [7, 11) is 0. The van der Waals surface area contributed by atoms with Crippen molar-refractivity contribution in [2.24, 2.45) is 5.92 Å². The first-order valence-electron chi connectivity index (χ1n) is 8.01. The fraction of sp³-hybridized carbons (Fsp3) is 0.250. The number of carboxylic acids is 1.